The van der Waals surface area contributed by atoms with Gasteiger partial charge in [0.15, 0.2) is 6.19 Å². The zero-order valence-corrected chi connectivity index (χ0v) is 14.4. The summed E-state index contributed by atoms with van der Waals surface area (Å²) in [6, 6.07) is 20.6. The van der Waals surface area contributed by atoms with Crippen molar-refractivity contribution in [3.05, 3.63) is 88.6 Å². The number of hydrogen-bond acceptors (Lipinski definition) is 4. The van der Waals surface area contributed by atoms with Gasteiger partial charge in [-0.1, -0.05) is 60.7 Å². The first kappa shape index (κ1) is 16.2. The Labute approximate surface area is 153 Å². The summed E-state index contributed by atoms with van der Waals surface area (Å²) in [6.45, 7) is 0. The van der Waals surface area contributed by atoms with Crippen LogP contribution in [0.2, 0.25) is 0 Å². The minimum Gasteiger partial charge on any atom is -0.325 e. The molecule has 1 aliphatic carbocycles. The van der Waals surface area contributed by atoms with E-state index in [0.29, 0.717) is 5.96 Å². The molecule has 128 valence electrons. The van der Waals surface area contributed by atoms with Crippen molar-refractivity contribution < 1.29 is 0 Å². The van der Waals surface area contributed by atoms with Crippen molar-refractivity contribution in [1.82, 2.24) is 10.6 Å². The molecule has 0 radical (unpaired) electrons. The molecule has 1 atom stereocenters. The van der Waals surface area contributed by atoms with E-state index in [1.54, 1.807) is 0 Å². The van der Waals surface area contributed by atoms with Crippen LogP contribution in [0.1, 0.15) is 36.4 Å². The molecule has 4 rings (SSSR count). The SMILES string of the molecule is N#CNC1=N[C@@H](c2ccccc2)C2=C(N1)C(=Cc1ccccc1)CCC2. The fourth-order valence-corrected chi connectivity index (χ4v) is 3.64. The number of nitriles is 1. The van der Waals surface area contributed by atoms with Gasteiger partial charge in [-0.05, 0) is 47.6 Å². The Morgan fingerprint density at radius 3 is 2.50 bits per heavy atom. The van der Waals surface area contributed by atoms with Crippen LogP contribution in [-0.2, 0) is 0 Å². The minimum atomic E-state index is -0.0530. The van der Waals surface area contributed by atoms with E-state index < -0.39 is 0 Å². The van der Waals surface area contributed by atoms with Gasteiger partial charge in [0.2, 0.25) is 5.96 Å². The van der Waals surface area contributed by atoms with Crippen molar-refractivity contribution in [2.45, 2.75) is 25.3 Å². The maximum absolute atomic E-state index is 9.06. The van der Waals surface area contributed by atoms with Crippen LogP contribution < -0.4 is 10.6 Å². The zero-order chi connectivity index (χ0) is 17.8. The van der Waals surface area contributed by atoms with Gasteiger partial charge in [0.05, 0.1) is 0 Å². The normalized spacial score (nSPS) is 20.7. The molecule has 0 fully saturated rings. The average molecular weight is 340 g/mol. The van der Waals surface area contributed by atoms with Crippen molar-refractivity contribution in [2.24, 2.45) is 4.99 Å². The van der Waals surface area contributed by atoms with Crippen LogP contribution in [0.4, 0.5) is 0 Å². The van der Waals surface area contributed by atoms with E-state index in [2.05, 4.69) is 53.1 Å². The maximum Gasteiger partial charge on any atom is 0.210 e. The number of allylic oxidation sites excluding steroid dienone is 1. The highest BCUT2D eigenvalue weighted by molar-refractivity contribution is 5.86. The monoisotopic (exact) mass is 340 g/mol. The summed E-state index contributed by atoms with van der Waals surface area (Å²) in [5.74, 6) is 0.515. The van der Waals surface area contributed by atoms with Crippen LogP contribution in [0.25, 0.3) is 6.08 Å². The quantitative estimate of drug-likeness (QED) is 0.634. The van der Waals surface area contributed by atoms with Crippen molar-refractivity contribution in [1.29, 1.82) is 5.26 Å². The molecule has 0 bridgehead atoms. The molecular formula is C22H20N4. The fourth-order valence-electron chi connectivity index (χ4n) is 3.64. The number of hydrogen-bond donors (Lipinski definition) is 2. The average Bonchev–Trinajstić information content (AvgIpc) is 2.70. The van der Waals surface area contributed by atoms with Crippen molar-refractivity contribution in [3.63, 3.8) is 0 Å². The Hall–Kier alpha value is -3.32. The summed E-state index contributed by atoms with van der Waals surface area (Å²) in [6.07, 6.45) is 7.36. The predicted molar refractivity (Wildman–Crippen MR) is 104 cm³/mol. The van der Waals surface area contributed by atoms with Crippen molar-refractivity contribution >= 4 is 12.0 Å². The van der Waals surface area contributed by atoms with Crippen LogP contribution in [0, 0.1) is 11.5 Å². The third-order valence-electron chi connectivity index (χ3n) is 4.80. The molecule has 1 heterocycles. The van der Waals surface area contributed by atoms with E-state index >= 15 is 0 Å². The van der Waals surface area contributed by atoms with Crippen LogP contribution in [0.15, 0.2) is 82.5 Å². The van der Waals surface area contributed by atoms with Crippen LogP contribution >= 0.6 is 0 Å². The molecule has 0 saturated carbocycles. The Morgan fingerprint density at radius 2 is 1.77 bits per heavy atom. The summed E-state index contributed by atoms with van der Waals surface area (Å²) in [7, 11) is 0. The van der Waals surface area contributed by atoms with Crippen LogP contribution in [-0.4, -0.2) is 5.96 Å². The highest BCUT2D eigenvalue weighted by Crippen LogP contribution is 2.40. The first-order valence-corrected chi connectivity index (χ1v) is 8.89. The second-order valence-electron chi connectivity index (χ2n) is 6.49. The van der Waals surface area contributed by atoms with Gasteiger partial charge in [-0.25, -0.2) is 4.99 Å². The molecule has 2 N–H and O–H groups in total. The zero-order valence-electron chi connectivity index (χ0n) is 14.4. The lowest BCUT2D eigenvalue weighted by Crippen LogP contribution is -2.39. The summed E-state index contributed by atoms with van der Waals surface area (Å²) < 4.78 is 0. The molecule has 1 aliphatic heterocycles. The third-order valence-corrected chi connectivity index (χ3v) is 4.80. The number of rotatable bonds is 2. The largest absolute Gasteiger partial charge is 0.325 e. The third kappa shape index (κ3) is 3.25. The molecule has 2 aromatic carbocycles. The molecule has 0 spiro atoms. The molecule has 2 aromatic rings. The molecule has 0 saturated heterocycles. The van der Waals surface area contributed by atoms with Gasteiger partial charge in [-0.2, -0.15) is 5.26 Å². The van der Waals surface area contributed by atoms with E-state index in [0.717, 1.165) is 30.5 Å². The molecular weight excluding hydrogens is 320 g/mol. The van der Waals surface area contributed by atoms with Crippen molar-refractivity contribution in [3.8, 4) is 6.19 Å². The first-order valence-electron chi connectivity index (χ1n) is 8.89. The molecule has 0 unspecified atom stereocenters. The molecule has 4 heteroatoms. The van der Waals surface area contributed by atoms with Crippen molar-refractivity contribution in [2.75, 3.05) is 0 Å². The number of nitrogens with one attached hydrogen (secondary N) is 2. The van der Waals surface area contributed by atoms with Crippen LogP contribution in [0.5, 0.6) is 0 Å². The number of nitrogens with zero attached hydrogens (tertiary/aromatic N) is 2. The minimum absolute atomic E-state index is 0.0530. The Bertz CT molecular complexity index is 918. The summed E-state index contributed by atoms with van der Waals surface area (Å²) in [5.41, 5.74) is 6.02. The summed E-state index contributed by atoms with van der Waals surface area (Å²) >= 11 is 0. The molecule has 26 heavy (non-hydrogen) atoms. The lowest BCUT2D eigenvalue weighted by molar-refractivity contribution is 0.651. The van der Waals surface area contributed by atoms with E-state index in [4.69, 9.17) is 10.3 Å². The topological polar surface area (TPSA) is 60.2 Å². The van der Waals surface area contributed by atoms with E-state index in [1.807, 2.05) is 30.5 Å². The lowest BCUT2D eigenvalue weighted by Gasteiger charge is -2.32. The van der Waals surface area contributed by atoms with E-state index in [-0.39, 0.29) is 6.04 Å². The Morgan fingerprint density at radius 1 is 1.04 bits per heavy atom. The number of aliphatic imine (C=N–C) groups is 1. The van der Waals surface area contributed by atoms with Gasteiger partial charge in [0.25, 0.3) is 0 Å². The maximum atomic E-state index is 9.06. The molecule has 2 aliphatic rings. The highest BCUT2D eigenvalue weighted by atomic mass is 15.2. The Balaban J connectivity index is 1.78. The van der Waals surface area contributed by atoms with Gasteiger partial charge in [-0.15, -0.1) is 0 Å². The van der Waals surface area contributed by atoms with Gasteiger partial charge in [0, 0.05) is 5.70 Å². The molecule has 4 nitrogen and oxygen atoms in total. The van der Waals surface area contributed by atoms with Gasteiger partial charge in [0.1, 0.15) is 6.04 Å². The number of benzene rings is 2. The molecule has 0 aromatic heterocycles. The highest BCUT2D eigenvalue weighted by Gasteiger charge is 2.29. The summed E-state index contributed by atoms with van der Waals surface area (Å²) in [4.78, 5) is 4.75. The second kappa shape index (κ2) is 7.28. The fraction of sp³-hybridized carbons (Fsp3) is 0.182. The van der Waals surface area contributed by atoms with E-state index in [9.17, 15) is 0 Å². The van der Waals surface area contributed by atoms with Gasteiger partial charge >= 0.3 is 0 Å². The van der Waals surface area contributed by atoms with Gasteiger partial charge < -0.3 is 5.32 Å². The second-order valence-corrected chi connectivity index (χ2v) is 6.49. The smallest absolute Gasteiger partial charge is 0.210 e. The Kier molecular flexibility index (Phi) is 4.53. The number of guanidine groups is 1. The molecule has 0 amide bonds. The lowest BCUT2D eigenvalue weighted by atomic mass is 9.84. The summed E-state index contributed by atoms with van der Waals surface area (Å²) in [5, 5.41) is 15.1. The first-order chi connectivity index (χ1) is 12.8. The predicted octanol–water partition coefficient (Wildman–Crippen LogP) is 4.28. The standard InChI is InChI=1S/C22H20N4/c23-15-24-22-25-20(17-10-5-2-6-11-17)19-13-7-12-18(21(19)26-22)14-16-8-3-1-4-9-16/h1-6,8-11,14,20H,7,12-13H2,(H2,24,25,26)/t20-/m0/s1. The van der Waals surface area contributed by atoms with Crippen LogP contribution in [0.3, 0.4) is 0 Å². The van der Waals surface area contributed by atoms with Gasteiger partial charge in [-0.3, -0.25) is 5.32 Å². The van der Waals surface area contributed by atoms with E-state index in [1.165, 1.54) is 16.7 Å².